The van der Waals surface area contributed by atoms with Crippen LogP contribution >= 0.6 is 0 Å². The molecule has 5 rings (SSSR count). The maximum atomic E-state index is 12.5. The van der Waals surface area contributed by atoms with Crippen LogP contribution in [0.4, 0.5) is 0 Å². The highest BCUT2D eigenvalue weighted by atomic mass is 16.3. The van der Waals surface area contributed by atoms with E-state index >= 15 is 0 Å². The topological polar surface area (TPSA) is 37.3 Å². The molecule has 0 aromatic carbocycles. The Morgan fingerprint density at radius 3 is 2.40 bits per heavy atom. The van der Waals surface area contributed by atoms with Gasteiger partial charge in [-0.3, -0.25) is 4.79 Å². The van der Waals surface area contributed by atoms with Crippen molar-refractivity contribution in [2.45, 2.75) is 78.2 Å². The Labute approximate surface area is 153 Å². The fourth-order valence-electron chi connectivity index (χ4n) is 9.24. The van der Waals surface area contributed by atoms with Gasteiger partial charge in [0.25, 0.3) is 0 Å². The summed E-state index contributed by atoms with van der Waals surface area (Å²) in [7, 11) is 0. The largest absolute Gasteiger partial charge is 0.390 e. The van der Waals surface area contributed by atoms with Gasteiger partial charge in [0.1, 0.15) is 5.78 Å². The van der Waals surface area contributed by atoms with E-state index in [4.69, 9.17) is 0 Å². The van der Waals surface area contributed by atoms with Crippen molar-refractivity contribution in [3.05, 3.63) is 0 Å². The minimum absolute atomic E-state index is 0.293. The molecule has 0 radical (unpaired) electrons. The zero-order valence-electron chi connectivity index (χ0n) is 16.5. The first-order valence-electron chi connectivity index (χ1n) is 11.0. The smallest absolute Gasteiger partial charge is 0.133 e. The molecule has 3 unspecified atom stereocenters. The summed E-state index contributed by atoms with van der Waals surface area (Å²) in [6.45, 7) is 8.82. The van der Waals surface area contributed by atoms with E-state index in [1.165, 1.54) is 32.1 Å². The van der Waals surface area contributed by atoms with Crippen molar-refractivity contribution in [3.8, 4) is 0 Å². The van der Waals surface area contributed by atoms with Crippen molar-refractivity contribution >= 4 is 5.78 Å². The fourth-order valence-corrected chi connectivity index (χ4v) is 9.24. The van der Waals surface area contributed by atoms with Gasteiger partial charge in [0.2, 0.25) is 0 Å². The average Bonchev–Trinajstić information content (AvgIpc) is 3.03. The number of carbonyl (C=O) groups is 1. The Hall–Kier alpha value is -0.370. The first-order valence-corrected chi connectivity index (χ1v) is 11.0. The Morgan fingerprint density at radius 2 is 1.68 bits per heavy atom. The maximum Gasteiger partial charge on any atom is 0.133 e. The van der Waals surface area contributed by atoms with Crippen molar-refractivity contribution in [1.82, 2.24) is 0 Å². The molecule has 0 aromatic heterocycles. The van der Waals surface area contributed by atoms with Crippen molar-refractivity contribution in [2.24, 2.45) is 58.7 Å². The van der Waals surface area contributed by atoms with Crippen LogP contribution in [-0.4, -0.2) is 16.5 Å². The summed E-state index contributed by atoms with van der Waals surface area (Å²) in [5.74, 6) is 7.33. The second kappa shape index (κ2) is 5.12. The molecule has 0 spiro atoms. The van der Waals surface area contributed by atoms with E-state index in [2.05, 4.69) is 20.8 Å². The molecular formula is C23H36O2. The number of hydrogen-bond donors (Lipinski definition) is 1. The molecule has 140 valence electrons. The van der Waals surface area contributed by atoms with Gasteiger partial charge in [0, 0.05) is 5.92 Å². The lowest BCUT2D eigenvalue weighted by molar-refractivity contribution is -0.135. The summed E-state index contributed by atoms with van der Waals surface area (Å²) in [4.78, 5) is 12.5. The molecule has 0 saturated heterocycles. The van der Waals surface area contributed by atoms with Gasteiger partial charge < -0.3 is 5.11 Å². The number of hydrogen-bond acceptors (Lipinski definition) is 2. The van der Waals surface area contributed by atoms with E-state index < -0.39 is 5.60 Å². The second-order valence-corrected chi connectivity index (χ2v) is 11.2. The number of carbonyl (C=O) groups excluding carboxylic acids is 1. The van der Waals surface area contributed by atoms with Crippen LogP contribution in [0.5, 0.6) is 0 Å². The molecule has 1 N–H and O–H groups in total. The van der Waals surface area contributed by atoms with E-state index in [1.54, 1.807) is 0 Å². The van der Waals surface area contributed by atoms with Crippen LogP contribution in [0.15, 0.2) is 0 Å². The van der Waals surface area contributed by atoms with Crippen molar-refractivity contribution in [2.75, 3.05) is 0 Å². The van der Waals surface area contributed by atoms with Gasteiger partial charge in [-0.15, -0.1) is 0 Å². The minimum Gasteiger partial charge on any atom is -0.390 e. The molecule has 5 aliphatic carbocycles. The lowest BCUT2D eigenvalue weighted by atomic mass is 9.47. The molecule has 5 saturated carbocycles. The monoisotopic (exact) mass is 344 g/mol. The highest BCUT2D eigenvalue weighted by Crippen LogP contribution is 2.76. The van der Waals surface area contributed by atoms with Gasteiger partial charge in [-0.25, -0.2) is 0 Å². The molecule has 2 heteroatoms. The summed E-state index contributed by atoms with van der Waals surface area (Å²) >= 11 is 0. The molecule has 5 fully saturated rings. The molecule has 0 amide bonds. The number of fused-ring (bicyclic) bond motifs is 7. The van der Waals surface area contributed by atoms with E-state index in [0.29, 0.717) is 23.0 Å². The summed E-state index contributed by atoms with van der Waals surface area (Å²) in [6, 6.07) is 0. The zero-order chi connectivity index (χ0) is 17.7. The molecule has 11 atom stereocenters. The average molecular weight is 345 g/mol. The number of rotatable bonds is 1. The van der Waals surface area contributed by atoms with Crippen LogP contribution in [-0.2, 0) is 4.79 Å². The third kappa shape index (κ3) is 2.15. The van der Waals surface area contributed by atoms with Gasteiger partial charge in [0.15, 0.2) is 0 Å². The van der Waals surface area contributed by atoms with Gasteiger partial charge in [0.05, 0.1) is 5.60 Å². The third-order valence-electron chi connectivity index (χ3n) is 10.00. The highest BCUT2D eigenvalue weighted by molar-refractivity contribution is 5.81. The fraction of sp³-hybridized carbons (Fsp3) is 0.957. The highest BCUT2D eigenvalue weighted by Gasteiger charge is 2.73. The predicted octanol–water partition coefficient (Wildman–Crippen LogP) is 4.70. The van der Waals surface area contributed by atoms with Crippen LogP contribution in [0.1, 0.15) is 72.6 Å². The van der Waals surface area contributed by atoms with E-state index in [9.17, 15) is 9.90 Å². The molecule has 5 aliphatic rings. The lowest BCUT2D eigenvalue weighted by Gasteiger charge is -2.58. The van der Waals surface area contributed by atoms with Gasteiger partial charge in [-0.1, -0.05) is 13.8 Å². The van der Waals surface area contributed by atoms with Crippen LogP contribution in [0.2, 0.25) is 0 Å². The Bertz CT molecular complexity index is 595. The standard InChI is InChI=1S/C23H36O2/c1-12-18-19(12)21-17-6-5-14-11-22(3,25)9-7-15(14)16(17)8-10-23(21,4)20(18)13(2)24/h12,14-21,25H,5-11H2,1-4H3/t12?,14-,15+,16-,17-,18?,19?,20+,21-,22-,23-/m1/s1. The number of Topliss-reactive ketones (excluding diaryl/α,β-unsaturated/α-hetero) is 1. The van der Waals surface area contributed by atoms with Crippen LogP contribution in [0, 0.1) is 58.7 Å². The number of ketones is 1. The van der Waals surface area contributed by atoms with E-state index in [1.807, 2.05) is 6.92 Å². The normalized spacial score (nSPS) is 62.4. The lowest BCUT2D eigenvalue weighted by Crippen LogP contribution is -2.52. The molecule has 2 nitrogen and oxygen atoms in total. The summed E-state index contributed by atoms with van der Waals surface area (Å²) in [5, 5.41) is 10.5. The Morgan fingerprint density at radius 1 is 0.960 bits per heavy atom. The number of aliphatic hydroxyl groups is 1. The summed E-state index contributed by atoms with van der Waals surface area (Å²) in [6.07, 6.45) is 8.58. The van der Waals surface area contributed by atoms with Crippen LogP contribution in [0.3, 0.4) is 0 Å². The van der Waals surface area contributed by atoms with Crippen molar-refractivity contribution in [1.29, 1.82) is 0 Å². The van der Waals surface area contributed by atoms with E-state index in [0.717, 1.165) is 54.3 Å². The molecule has 0 bridgehead atoms. The molecule has 0 aromatic rings. The molecular weight excluding hydrogens is 308 g/mol. The Kier molecular flexibility index (Phi) is 3.43. The van der Waals surface area contributed by atoms with Gasteiger partial charge >= 0.3 is 0 Å². The summed E-state index contributed by atoms with van der Waals surface area (Å²) in [5.41, 5.74) is -0.123. The molecule has 0 aliphatic heterocycles. The van der Waals surface area contributed by atoms with Crippen LogP contribution in [0.25, 0.3) is 0 Å². The van der Waals surface area contributed by atoms with Crippen molar-refractivity contribution in [3.63, 3.8) is 0 Å². The Balaban J connectivity index is 1.44. The van der Waals surface area contributed by atoms with Gasteiger partial charge in [-0.05, 0) is 112 Å². The first kappa shape index (κ1) is 16.8. The zero-order valence-corrected chi connectivity index (χ0v) is 16.5. The van der Waals surface area contributed by atoms with Gasteiger partial charge in [-0.2, -0.15) is 0 Å². The minimum atomic E-state index is -0.416. The quantitative estimate of drug-likeness (QED) is 0.749. The molecule has 25 heavy (non-hydrogen) atoms. The van der Waals surface area contributed by atoms with E-state index in [-0.39, 0.29) is 0 Å². The SMILES string of the molecule is CC(=O)[C@H]1C2C(C)C2[C@H]2[C@@H]3CC[C@@H]4C[C@](C)(O)CC[C@@H]4[C@H]3CC[C@]12C. The summed E-state index contributed by atoms with van der Waals surface area (Å²) < 4.78 is 0. The first-order chi connectivity index (χ1) is 11.7. The third-order valence-corrected chi connectivity index (χ3v) is 10.00. The van der Waals surface area contributed by atoms with Crippen molar-refractivity contribution < 1.29 is 9.90 Å². The molecule has 0 heterocycles. The van der Waals surface area contributed by atoms with Crippen LogP contribution < -0.4 is 0 Å². The second-order valence-electron chi connectivity index (χ2n) is 11.2. The predicted molar refractivity (Wildman–Crippen MR) is 98.8 cm³/mol. The maximum absolute atomic E-state index is 12.5.